The van der Waals surface area contributed by atoms with Gasteiger partial charge in [0, 0.05) is 24.2 Å². The molecule has 1 aliphatic heterocycles. The lowest BCUT2D eigenvalue weighted by molar-refractivity contribution is -0.114. The normalized spacial score (nSPS) is 15.8. The number of hydrogen-bond acceptors (Lipinski definition) is 6. The molecule has 1 N–H and O–H groups in total. The highest BCUT2D eigenvalue weighted by molar-refractivity contribution is 7.89. The molecule has 1 aromatic heterocycles. The molecule has 0 saturated carbocycles. The summed E-state index contributed by atoms with van der Waals surface area (Å²) in [6, 6.07) is 4.76. The molecule has 0 spiro atoms. The third-order valence-corrected chi connectivity index (χ3v) is 6.26. The highest BCUT2D eigenvalue weighted by Crippen LogP contribution is 2.28. The Morgan fingerprint density at radius 2 is 2.17 bits per heavy atom. The molecule has 3 rings (SSSR count). The van der Waals surface area contributed by atoms with E-state index in [0.29, 0.717) is 29.5 Å². The van der Waals surface area contributed by atoms with Gasteiger partial charge < -0.3 is 10.1 Å². The minimum absolute atomic E-state index is 0.176. The Kier molecular flexibility index (Phi) is 4.57. The zero-order valence-corrected chi connectivity index (χ0v) is 14.9. The maximum Gasteiger partial charge on any atom is 0.273 e. The fourth-order valence-electron chi connectivity index (χ4n) is 2.44. The number of aryl methyl sites for hydroxylation is 1. The van der Waals surface area contributed by atoms with E-state index in [4.69, 9.17) is 4.74 Å². The van der Waals surface area contributed by atoms with E-state index in [2.05, 4.69) is 10.3 Å². The van der Waals surface area contributed by atoms with Gasteiger partial charge in [0.05, 0.1) is 18.0 Å². The van der Waals surface area contributed by atoms with E-state index < -0.39 is 10.0 Å². The minimum Gasteiger partial charge on any atom is -0.464 e. The number of aromatic nitrogens is 1. The zero-order chi connectivity index (χ0) is 17.3. The standard InChI is InChI=1S/C15H17N3O4S2/c1-10-7-12(17-11(2)19)3-4-14(10)24(20,21)18-8-13(9-18)22-15-16-5-6-23-15/h3-7,13H,8-9H2,1-2H3,(H,17,19). The van der Waals surface area contributed by atoms with Gasteiger partial charge in [-0.3, -0.25) is 4.79 Å². The van der Waals surface area contributed by atoms with Crippen LogP contribution in [0.1, 0.15) is 12.5 Å². The summed E-state index contributed by atoms with van der Waals surface area (Å²) < 4.78 is 32.4. The SMILES string of the molecule is CC(=O)Nc1ccc(S(=O)(=O)N2CC(Oc3nccs3)C2)c(C)c1. The second kappa shape index (κ2) is 6.50. The Balaban J connectivity index is 1.69. The smallest absolute Gasteiger partial charge is 0.273 e. The highest BCUT2D eigenvalue weighted by Gasteiger charge is 2.39. The second-order valence-electron chi connectivity index (χ2n) is 5.52. The van der Waals surface area contributed by atoms with Crippen LogP contribution in [0.15, 0.2) is 34.7 Å². The molecular weight excluding hydrogens is 350 g/mol. The number of rotatable bonds is 5. The van der Waals surface area contributed by atoms with E-state index in [1.165, 1.54) is 28.6 Å². The number of nitrogens with zero attached hydrogens (tertiary/aromatic N) is 2. The summed E-state index contributed by atoms with van der Waals surface area (Å²) in [4.78, 5) is 15.3. The van der Waals surface area contributed by atoms with Crippen LogP contribution in [0.5, 0.6) is 5.19 Å². The summed E-state index contributed by atoms with van der Waals surface area (Å²) in [6.45, 7) is 3.72. The van der Waals surface area contributed by atoms with E-state index in [0.717, 1.165) is 0 Å². The molecule has 1 saturated heterocycles. The van der Waals surface area contributed by atoms with Gasteiger partial charge in [-0.2, -0.15) is 4.31 Å². The largest absolute Gasteiger partial charge is 0.464 e. The average Bonchev–Trinajstić information content (AvgIpc) is 2.94. The molecule has 0 radical (unpaired) electrons. The number of nitrogens with one attached hydrogen (secondary N) is 1. The van der Waals surface area contributed by atoms with Crippen LogP contribution in [-0.4, -0.2) is 42.8 Å². The van der Waals surface area contributed by atoms with Crippen LogP contribution >= 0.6 is 11.3 Å². The van der Waals surface area contributed by atoms with Gasteiger partial charge in [-0.25, -0.2) is 13.4 Å². The first-order chi connectivity index (χ1) is 11.4. The summed E-state index contributed by atoms with van der Waals surface area (Å²) in [5.41, 5.74) is 1.16. The fourth-order valence-corrected chi connectivity index (χ4v) is 4.70. The van der Waals surface area contributed by atoms with Crippen LogP contribution in [0.4, 0.5) is 5.69 Å². The van der Waals surface area contributed by atoms with Crippen molar-refractivity contribution in [1.29, 1.82) is 0 Å². The Morgan fingerprint density at radius 3 is 2.75 bits per heavy atom. The number of amides is 1. The Morgan fingerprint density at radius 1 is 1.42 bits per heavy atom. The van der Waals surface area contributed by atoms with Crippen LogP contribution in [0.2, 0.25) is 0 Å². The Labute approximate surface area is 144 Å². The first-order valence-electron chi connectivity index (χ1n) is 7.31. The topological polar surface area (TPSA) is 88.6 Å². The van der Waals surface area contributed by atoms with Crippen molar-refractivity contribution in [2.24, 2.45) is 0 Å². The van der Waals surface area contributed by atoms with Crippen molar-refractivity contribution >= 4 is 33.0 Å². The molecule has 24 heavy (non-hydrogen) atoms. The predicted octanol–water partition coefficient (Wildman–Crippen LogP) is 1.86. The minimum atomic E-state index is -3.57. The molecule has 0 aliphatic carbocycles. The van der Waals surface area contributed by atoms with E-state index >= 15 is 0 Å². The summed E-state index contributed by atoms with van der Waals surface area (Å²) in [5.74, 6) is -0.199. The Hall–Kier alpha value is -1.97. The molecule has 1 aliphatic rings. The third-order valence-electron chi connectivity index (χ3n) is 3.60. The first kappa shape index (κ1) is 16.9. The number of carbonyl (C=O) groups is 1. The average molecular weight is 367 g/mol. The summed E-state index contributed by atoms with van der Waals surface area (Å²) >= 11 is 1.38. The Bertz CT molecular complexity index is 844. The van der Waals surface area contributed by atoms with Crippen molar-refractivity contribution in [3.8, 4) is 5.19 Å². The van der Waals surface area contributed by atoms with Gasteiger partial charge in [-0.1, -0.05) is 11.3 Å². The van der Waals surface area contributed by atoms with Crippen molar-refractivity contribution in [3.63, 3.8) is 0 Å². The molecule has 9 heteroatoms. The van der Waals surface area contributed by atoms with Gasteiger partial charge in [0.1, 0.15) is 6.10 Å². The zero-order valence-electron chi connectivity index (χ0n) is 13.2. The van der Waals surface area contributed by atoms with Gasteiger partial charge in [0.25, 0.3) is 5.19 Å². The van der Waals surface area contributed by atoms with E-state index in [9.17, 15) is 13.2 Å². The first-order valence-corrected chi connectivity index (χ1v) is 9.63. The molecule has 0 unspecified atom stereocenters. The number of carbonyl (C=O) groups excluding carboxylic acids is 1. The molecule has 1 amide bonds. The van der Waals surface area contributed by atoms with Crippen LogP contribution in [0, 0.1) is 6.92 Å². The second-order valence-corrected chi connectivity index (χ2v) is 8.28. The lowest BCUT2D eigenvalue weighted by atomic mass is 10.2. The lowest BCUT2D eigenvalue weighted by Crippen LogP contribution is -2.56. The molecule has 128 valence electrons. The molecule has 0 atom stereocenters. The number of ether oxygens (including phenoxy) is 1. The van der Waals surface area contributed by atoms with Crippen LogP contribution in [-0.2, 0) is 14.8 Å². The van der Waals surface area contributed by atoms with Crippen LogP contribution in [0.3, 0.4) is 0 Å². The number of anilines is 1. The molecule has 0 bridgehead atoms. The van der Waals surface area contributed by atoms with Gasteiger partial charge in [0.15, 0.2) is 0 Å². The maximum absolute atomic E-state index is 12.7. The molecule has 7 nitrogen and oxygen atoms in total. The monoisotopic (exact) mass is 367 g/mol. The van der Waals surface area contributed by atoms with E-state index in [-0.39, 0.29) is 16.9 Å². The molecule has 2 heterocycles. The van der Waals surface area contributed by atoms with Crippen molar-refractivity contribution in [2.75, 3.05) is 18.4 Å². The van der Waals surface area contributed by atoms with Crippen molar-refractivity contribution < 1.29 is 17.9 Å². The predicted molar refractivity (Wildman–Crippen MR) is 90.8 cm³/mol. The quantitative estimate of drug-likeness (QED) is 0.871. The summed E-state index contributed by atoms with van der Waals surface area (Å²) in [6.07, 6.45) is 1.47. The van der Waals surface area contributed by atoms with Crippen LogP contribution in [0.25, 0.3) is 0 Å². The molecule has 1 aromatic carbocycles. The molecular formula is C15H17N3O4S2. The molecule has 1 fully saturated rings. The maximum atomic E-state index is 12.7. The number of thiazole rings is 1. The van der Waals surface area contributed by atoms with Crippen molar-refractivity contribution in [2.45, 2.75) is 24.8 Å². The van der Waals surface area contributed by atoms with E-state index in [1.54, 1.807) is 25.3 Å². The van der Waals surface area contributed by atoms with Gasteiger partial charge >= 0.3 is 0 Å². The number of sulfonamides is 1. The van der Waals surface area contributed by atoms with Crippen LogP contribution < -0.4 is 10.1 Å². The van der Waals surface area contributed by atoms with Gasteiger partial charge in [-0.15, -0.1) is 0 Å². The lowest BCUT2D eigenvalue weighted by Gasteiger charge is -2.37. The van der Waals surface area contributed by atoms with Crippen molar-refractivity contribution in [1.82, 2.24) is 9.29 Å². The number of benzene rings is 1. The third kappa shape index (κ3) is 3.42. The number of hydrogen-bond donors (Lipinski definition) is 1. The summed E-state index contributed by atoms with van der Waals surface area (Å²) in [7, 11) is -3.57. The summed E-state index contributed by atoms with van der Waals surface area (Å²) in [5, 5.41) is 5.00. The van der Waals surface area contributed by atoms with Crippen molar-refractivity contribution in [3.05, 3.63) is 35.3 Å². The van der Waals surface area contributed by atoms with Gasteiger partial charge in [-0.05, 0) is 30.7 Å². The fraction of sp³-hybridized carbons (Fsp3) is 0.333. The van der Waals surface area contributed by atoms with E-state index in [1.807, 2.05) is 5.38 Å². The highest BCUT2D eigenvalue weighted by atomic mass is 32.2. The van der Waals surface area contributed by atoms with Gasteiger partial charge in [0.2, 0.25) is 15.9 Å². The molecule has 2 aromatic rings.